The molecule has 3 rings (SSSR count). The molecule has 1 amide bonds. The summed E-state index contributed by atoms with van der Waals surface area (Å²) in [7, 11) is -3.76. The second-order valence-corrected chi connectivity index (χ2v) is 9.45. The fraction of sp³-hybridized carbons (Fsp3) is 0.130. The maximum Gasteiger partial charge on any atom is 0.269 e. The van der Waals surface area contributed by atoms with E-state index in [1.54, 1.807) is 12.1 Å². The van der Waals surface area contributed by atoms with Crippen LogP contribution in [0.25, 0.3) is 0 Å². The predicted molar refractivity (Wildman–Crippen MR) is 126 cm³/mol. The molecule has 3 aromatic carbocycles. The fourth-order valence-corrected chi connectivity index (χ4v) is 3.80. The Morgan fingerprint density at radius 2 is 1.62 bits per heavy atom. The zero-order chi connectivity index (χ0) is 23.0. The average molecular weight is 516 g/mol. The lowest BCUT2D eigenvalue weighted by Crippen LogP contribution is -2.32. The lowest BCUT2D eigenvalue weighted by molar-refractivity contribution is -0.115. The Labute approximate surface area is 195 Å². The molecule has 3 N–H and O–H groups in total. The van der Waals surface area contributed by atoms with E-state index in [0.29, 0.717) is 0 Å². The number of rotatable bonds is 9. The van der Waals surface area contributed by atoms with Crippen molar-refractivity contribution in [3.05, 3.63) is 100 Å². The van der Waals surface area contributed by atoms with Crippen molar-refractivity contribution in [1.82, 2.24) is 5.32 Å². The van der Waals surface area contributed by atoms with E-state index in [2.05, 4.69) is 26.4 Å². The van der Waals surface area contributed by atoms with Gasteiger partial charge in [-0.1, -0.05) is 75.7 Å². The molecule has 0 saturated carbocycles. The van der Waals surface area contributed by atoms with Gasteiger partial charge in [-0.2, -0.15) is 0 Å². The second kappa shape index (κ2) is 11.0. The number of primary sulfonamides is 1. The van der Waals surface area contributed by atoms with Gasteiger partial charge in [-0.15, -0.1) is 0 Å². The Hall–Kier alpha value is -3.01. The summed E-state index contributed by atoms with van der Waals surface area (Å²) >= 11 is 3.43. The van der Waals surface area contributed by atoms with Crippen LogP contribution >= 0.6 is 15.9 Å². The molecule has 0 saturated heterocycles. The number of carbonyl (C=O) groups excluding carboxylic acids is 1. The highest BCUT2D eigenvalue weighted by Crippen LogP contribution is 2.13. The van der Waals surface area contributed by atoms with Gasteiger partial charge in [0, 0.05) is 17.4 Å². The minimum absolute atomic E-state index is 0.0128. The van der Waals surface area contributed by atoms with Crippen molar-refractivity contribution in [2.24, 2.45) is 10.3 Å². The summed E-state index contributed by atoms with van der Waals surface area (Å²) in [6, 6.07) is 23.1. The summed E-state index contributed by atoms with van der Waals surface area (Å²) in [6.45, 7) is 0.436. The Morgan fingerprint density at radius 3 is 2.28 bits per heavy atom. The topological polar surface area (TPSA) is 111 Å². The second-order valence-electron chi connectivity index (χ2n) is 6.98. The van der Waals surface area contributed by atoms with Gasteiger partial charge < -0.3 is 10.2 Å². The Bertz CT molecular complexity index is 1200. The van der Waals surface area contributed by atoms with Gasteiger partial charge >= 0.3 is 0 Å². The summed E-state index contributed by atoms with van der Waals surface area (Å²) < 4.78 is 23.6. The number of hydrogen-bond acceptors (Lipinski definition) is 5. The molecule has 0 aliphatic heterocycles. The third-order valence-corrected chi connectivity index (χ3v) is 5.90. The van der Waals surface area contributed by atoms with Crippen LogP contribution < -0.4 is 10.5 Å². The quantitative estimate of drug-likeness (QED) is 0.335. The molecule has 0 heterocycles. The molecule has 9 heteroatoms. The number of sulfonamides is 1. The first-order chi connectivity index (χ1) is 15.3. The van der Waals surface area contributed by atoms with E-state index in [-0.39, 0.29) is 36.1 Å². The standard InChI is InChI=1S/C23H22BrN3O4S/c24-20-8-4-7-19(13-20)14-22(27-31-16-18-5-2-1-3-6-18)23(28)26-15-17-9-11-21(12-10-17)32(25,29)30/h1-13H,14-16H2,(H,26,28)(H2,25,29,30)/b27-22+. The molecular formula is C23H22BrN3O4S. The number of halogens is 1. The summed E-state index contributed by atoms with van der Waals surface area (Å²) in [5, 5.41) is 12.0. The smallest absolute Gasteiger partial charge is 0.269 e. The van der Waals surface area contributed by atoms with E-state index in [0.717, 1.165) is 21.2 Å². The first-order valence-electron chi connectivity index (χ1n) is 9.68. The minimum atomic E-state index is -3.76. The SMILES string of the molecule is NS(=O)(=O)c1ccc(CNC(=O)/C(Cc2cccc(Br)c2)=N/OCc2ccccc2)cc1. The number of amides is 1. The van der Waals surface area contributed by atoms with Crippen LogP contribution in [0.5, 0.6) is 0 Å². The van der Waals surface area contributed by atoms with Crippen LogP contribution in [-0.2, 0) is 39.2 Å². The largest absolute Gasteiger partial charge is 0.391 e. The van der Waals surface area contributed by atoms with Gasteiger partial charge in [0.15, 0.2) is 0 Å². The van der Waals surface area contributed by atoms with Crippen molar-refractivity contribution in [3.8, 4) is 0 Å². The van der Waals surface area contributed by atoms with Crippen molar-refractivity contribution in [1.29, 1.82) is 0 Å². The summed E-state index contributed by atoms with van der Waals surface area (Å²) in [5.41, 5.74) is 2.78. The van der Waals surface area contributed by atoms with Gasteiger partial charge in [-0.3, -0.25) is 4.79 Å². The van der Waals surface area contributed by atoms with Crippen LogP contribution in [0, 0.1) is 0 Å². The molecule has 7 nitrogen and oxygen atoms in total. The molecule has 0 atom stereocenters. The van der Waals surface area contributed by atoms with E-state index in [9.17, 15) is 13.2 Å². The van der Waals surface area contributed by atoms with Gasteiger partial charge in [-0.05, 0) is 41.0 Å². The molecule has 0 unspecified atom stereocenters. The van der Waals surface area contributed by atoms with Crippen LogP contribution in [0.4, 0.5) is 0 Å². The molecule has 3 aromatic rings. The molecule has 0 fully saturated rings. The maximum atomic E-state index is 12.8. The number of hydrogen-bond donors (Lipinski definition) is 2. The van der Waals surface area contributed by atoms with Crippen LogP contribution in [0.1, 0.15) is 16.7 Å². The lowest BCUT2D eigenvalue weighted by Gasteiger charge is -2.10. The third-order valence-electron chi connectivity index (χ3n) is 4.48. The van der Waals surface area contributed by atoms with Gasteiger partial charge in [-0.25, -0.2) is 13.6 Å². The Kier molecular flexibility index (Phi) is 8.15. The van der Waals surface area contributed by atoms with E-state index < -0.39 is 10.0 Å². The van der Waals surface area contributed by atoms with Crippen LogP contribution in [-0.4, -0.2) is 20.0 Å². The van der Waals surface area contributed by atoms with Crippen molar-refractivity contribution in [2.75, 3.05) is 0 Å². The molecule has 32 heavy (non-hydrogen) atoms. The number of nitrogens with two attached hydrogens (primary N) is 1. The zero-order valence-corrected chi connectivity index (χ0v) is 19.5. The first-order valence-corrected chi connectivity index (χ1v) is 12.0. The van der Waals surface area contributed by atoms with Crippen LogP contribution in [0.15, 0.2) is 93.4 Å². The molecule has 0 aromatic heterocycles. The Morgan fingerprint density at radius 1 is 0.938 bits per heavy atom. The summed E-state index contributed by atoms with van der Waals surface area (Å²) in [4.78, 5) is 18.3. The van der Waals surface area contributed by atoms with Gasteiger partial charge in [0.25, 0.3) is 5.91 Å². The highest BCUT2D eigenvalue weighted by atomic mass is 79.9. The van der Waals surface area contributed by atoms with Crippen molar-refractivity contribution in [2.45, 2.75) is 24.5 Å². The molecule has 0 spiro atoms. The first kappa shape index (κ1) is 23.6. The molecule has 0 aliphatic rings. The van der Waals surface area contributed by atoms with Crippen molar-refractivity contribution < 1.29 is 18.0 Å². The van der Waals surface area contributed by atoms with E-state index >= 15 is 0 Å². The zero-order valence-electron chi connectivity index (χ0n) is 17.1. The highest BCUT2D eigenvalue weighted by molar-refractivity contribution is 9.10. The van der Waals surface area contributed by atoms with Gasteiger partial charge in [0.05, 0.1) is 4.90 Å². The van der Waals surface area contributed by atoms with Crippen LogP contribution in [0.3, 0.4) is 0 Å². The molecular weight excluding hydrogens is 494 g/mol. The average Bonchev–Trinajstić information content (AvgIpc) is 2.77. The van der Waals surface area contributed by atoms with E-state index in [1.807, 2.05) is 54.6 Å². The Balaban J connectivity index is 1.69. The third kappa shape index (κ3) is 7.30. The van der Waals surface area contributed by atoms with Crippen molar-refractivity contribution >= 4 is 37.6 Å². The summed E-state index contributed by atoms with van der Waals surface area (Å²) in [5.74, 6) is -0.381. The number of nitrogens with zero attached hydrogens (tertiary/aromatic N) is 1. The lowest BCUT2D eigenvalue weighted by atomic mass is 10.1. The number of oxime groups is 1. The number of benzene rings is 3. The number of nitrogens with one attached hydrogen (secondary N) is 1. The van der Waals surface area contributed by atoms with Gasteiger partial charge in [0.2, 0.25) is 10.0 Å². The summed E-state index contributed by atoms with van der Waals surface area (Å²) in [6.07, 6.45) is 0.282. The van der Waals surface area contributed by atoms with E-state index in [4.69, 9.17) is 9.98 Å². The highest BCUT2D eigenvalue weighted by Gasteiger charge is 2.14. The molecule has 0 radical (unpaired) electrons. The maximum absolute atomic E-state index is 12.8. The normalized spacial score (nSPS) is 11.8. The minimum Gasteiger partial charge on any atom is -0.391 e. The predicted octanol–water partition coefficient (Wildman–Crippen LogP) is 3.53. The molecule has 0 bridgehead atoms. The van der Waals surface area contributed by atoms with Gasteiger partial charge in [0.1, 0.15) is 12.3 Å². The number of carbonyl (C=O) groups is 1. The van der Waals surface area contributed by atoms with E-state index in [1.165, 1.54) is 12.1 Å². The molecule has 166 valence electrons. The monoisotopic (exact) mass is 515 g/mol. The van der Waals surface area contributed by atoms with Crippen molar-refractivity contribution in [3.63, 3.8) is 0 Å². The fourth-order valence-electron chi connectivity index (χ4n) is 2.83. The van der Waals surface area contributed by atoms with Crippen LogP contribution in [0.2, 0.25) is 0 Å². The molecule has 0 aliphatic carbocycles.